The van der Waals surface area contributed by atoms with Gasteiger partial charge in [0.1, 0.15) is 11.0 Å². The predicted octanol–water partition coefficient (Wildman–Crippen LogP) is 3.20. The van der Waals surface area contributed by atoms with E-state index in [1.54, 1.807) is 13.0 Å². The summed E-state index contributed by atoms with van der Waals surface area (Å²) in [7, 11) is 0. The van der Waals surface area contributed by atoms with Crippen molar-refractivity contribution in [1.29, 1.82) is 0 Å². The molecule has 1 rings (SSSR count). The van der Waals surface area contributed by atoms with Crippen LogP contribution in [0.4, 0.5) is 0 Å². The van der Waals surface area contributed by atoms with Crippen molar-refractivity contribution < 1.29 is 0 Å². The second-order valence-corrected chi connectivity index (χ2v) is 2.52. The number of alkyl halides is 1. The second kappa shape index (κ2) is 6.21. The number of halogens is 2. The summed E-state index contributed by atoms with van der Waals surface area (Å²) < 4.78 is 0. The van der Waals surface area contributed by atoms with Crippen molar-refractivity contribution in [2.45, 2.75) is 26.7 Å². The van der Waals surface area contributed by atoms with Crippen LogP contribution < -0.4 is 0 Å². The first-order chi connectivity index (χ1) is 5.72. The van der Waals surface area contributed by atoms with Gasteiger partial charge >= 0.3 is 0 Å². The molecule has 1 aromatic heterocycles. The molecule has 0 amide bonds. The number of hydrogen-bond acceptors (Lipinski definition) is 2. The largest absolute Gasteiger partial charge is 0.237 e. The van der Waals surface area contributed by atoms with Crippen LogP contribution in [-0.2, 0) is 5.88 Å². The molecule has 2 nitrogen and oxygen atoms in total. The van der Waals surface area contributed by atoms with Crippen molar-refractivity contribution in [1.82, 2.24) is 9.97 Å². The van der Waals surface area contributed by atoms with Gasteiger partial charge in [0.25, 0.3) is 0 Å². The fraction of sp³-hybridized carbons (Fsp3) is 0.500. The zero-order valence-electron chi connectivity index (χ0n) is 7.43. The third-order valence-electron chi connectivity index (χ3n) is 0.997. The van der Waals surface area contributed by atoms with E-state index in [0.717, 1.165) is 5.69 Å². The minimum atomic E-state index is 0.378. The molecule has 0 aromatic carbocycles. The molecular formula is C8H12Cl2N2. The van der Waals surface area contributed by atoms with Crippen LogP contribution >= 0.6 is 23.2 Å². The Bertz CT molecular complexity index is 218. The van der Waals surface area contributed by atoms with Crippen molar-refractivity contribution in [3.8, 4) is 0 Å². The Hall–Kier alpha value is -0.340. The Morgan fingerprint density at radius 3 is 2.33 bits per heavy atom. The van der Waals surface area contributed by atoms with E-state index in [0.29, 0.717) is 16.9 Å². The fourth-order valence-electron chi connectivity index (χ4n) is 0.658. The van der Waals surface area contributed by atoms with Gasteiger partial charge < -0.3 is 0 Å². The highest BCUT2D eigenvalue weighted by atomic mass is 35.5. The Morgan fingerprint density at radius 2 is 1.92 bits per heavy atom. The van der Waals surface area contributed by atoms with Gasteiger partial charge in [-0.3, -0.25) is 0 Å². The zero-order valence-corrected chi connectivity index (χ0v) is 8.95. The maximum absolute atomic E-state index is 5.62. The van der Waals surface area contributed by atoms with Crippen LogP contribution in [0.25, 0.3) is 0 Å². The first kappa shape index (κ1) is 11.7. The lowest BCUT2D eigenvalue weighted by atomic mass is 10.4. The molecule has 1 aromatic rings. The molecule has 1 heterocycles. The molecule has 0 atom stereocenters. The summed E-state index contributed by atoms with van der Waals surface area (Å²) in [5.74, 6) is 1.03. The zero-order chi connectivity index (χ0) is 9.56. The molecule has 0 spiro atoms. The lowest BCUT2D eigenvalue weighted by molar-refractivity contribution is 1.00. The fourth-order valence-corrected chi connectivity index (χ4v) is 1.04. The van der Waals surface area contributed by atoms with Crippen LogP contribution in [0.3, 0.4) is 0 Å². The molecule has 68 valence electrons. The van der Waals surface area contributed by atoms with Gasteiger partial charge in [-0.2, -0.15) is 0 Å². The van der Waals surface area contributed by atoms with E-state index in [-0.39, 0.29) is 0 Å². The highest BCUT2D eigenvalue weighted by molar-refractivity contribution is 6.29. The van der Waals surface area contributed by atoms with Crippen molar-refractivity contribution in [2.24, 2.45) is 0 Å². The van der Waals surface area contributed by atoms with E-state index < -0.39 is 0 Å². The van der Waals surface area contributed by atoms with Gasteiger partial charge in [-0.25, -0.2) is 9.97 Å². The molecule has 4 heteroatoms. The van der Waals surface area contributed by atoms with E-state index in [2.05, 4.69) is 9.97 Å². The average Bonchev–Trinajstić information content (AvgIpc) is 2.06. The van der Waals surface area contributed by atoms with E-state index in [9.17, 15) is 0 Å². The van der Waals surface area contributed by atoms with Crippen LogP contribution in [0.2, 0.25) is 5.15 Å². The van der Waals surface area contributed by atoms with Crippen molar-refractivity contribution in [2.75, 3.05) is 0 Å². The summed E-state index contributed by atoms with van der Waals surface area (Å²) in [5, 5.41) is 0.447. The van der Waals surface area contributed by atoms with Crippen LogP contribution in [0.1, 0.15) is 25.4 Å². The van der Waals surface area contributed by atoms with Gasteiger partial charge in [-0.15, -0.1) is 11.6 Å². The quantitative estimate of drug-likeness (QED) is 0.522. The molecule has 0 aliphatic heterocycles. The van der Waals surface area contributed by atoms with Gasteiger partial charge in [0.05, 0.1) is 11.6 Å². The Morgan fingerprint density at radius 1 is 1.33 bits per heavy atom. The van der Waals surface area contributed by atoms with E-state index in [1.807, 2.05) is 13.8 Å². The van der Waals surface area contributed by atoms with E-state index in [4.69, 9.17) is 23.2 Å². The van der Waals surface area contributed by atoms with Crippen LogP contribution in [0.5, 0.6) is 0 Å². The van der Waals surface area contributed by atoms with Crippen molar-refractivity contribution >= 4 is 23.2 Å². The molecule has 0 bridgehead atoms. The third kappa shape index (κ3) is 3.88. The molecule has 0 saturated heterocycles. The summed E-state index contributed by atoms with van der Waals surface area (Å²) in [5.41, 5.74) is 0.763. The number of aromatic nitrogens is 2. The maximum atomic E-state index is 5.62. The summed E-state index contributed by atoms with van der Waals surface area (Å²) >= 11 is 11.1. The van der Waals surface area contributed by atoms with Crippen molar-refractivity contribution in [3.05, 3.63) is 22.7 Å². The SMILES string of the molecule is CC.Cc1nc(Cl)cc(CCl)n1. The minimum Gasteiger partial charge on any atom is -0.237 e. The standard InChI is InChI=1S/C6H6Cl2N2.C2H6/c1-4-9-5(3-7)2-6(8)10-4;1-2/h2H,3H2,1H3;1-2H3. The number of nitrogens with zero attached hydrogens (tertiary/aromatic N) is 2. The highest BCUT2D eigenvalue weighted by Gasteiger charge is 1.96. The Kier molecular flexibility index (Phi) is 6.03. The molecule has 0 saturated carbocycles. The molecule has 0 radical (unpaired) electrons. The van der Waals surface area contributed by atoms with Gasteiger partial charge in [-0.05, 0) is 13.0 Å². The number of aryl methyl sites for hydroxylation is 1. The van der Waals surface area contributed by atoms with Crippen LogP contribution in [0.15, 0.2) is 6.07 Å². The highest BCUT2D eigenvalue weighted by Crippen LogP contribution is 2.08. The average molecular weight is 207 g/mol. The number of rotatable bonds is 1. The summed E-state index contributed by atoms with van der Waals surface area (Å²) in [6.07, 6.45) is 0. The van der Waals surface area contributed by atoms with E-state index in [1.165, 1.54) is 0 Å². The molecule has 0 unspecified atom stereocenters. The second-order valence-electron chi connectivity index (χ2n) is 1.86. The minimum absolute atomic E-state index is 0.378. The van der Waals surface area contributed by atoms with Gasteiger partial charge in [-0.1, -0.05) is 25.4 Å². The first-order valence-electron chi connectivity index (χ1n) is 3.78. The monoisotopic (exact) mass is 206 g/mol. The van der Waals surface area contributed by atoms with Crippen molar-refractivity contribution in [3.63, 3.8) is 0 Å². The summed E-state index contributed by atoms with van der Waals surface area (Å²) in [6.45, 7) is 5.78. The molecule has 12 heavy (non-hydrogen) atoms. The molecule has 0 N–H and O–H groups in total. The smallest absolute Gasteiger partial charge is 0.133 e. The normalized spacial score (nSPS) is 8.75. The Balaban J connectivity index is 0.000000561. The van der Waals surface area contributed by atoms with Gasteiger partial charge in [0.15, 0.2) is 0 Å². The molecular weight excluding hydrogens is 195 g/mol. The molecule has 0 fully saturated rings. The van der Waals surface area contributed by atoms with Crippen LogP contribution in [-0.4, -0.2) is 9.97 Å². The van der Waals surface area contributed by atoms with Gasteiger partial charge in [0.2, 0.25) is 0 Å². The Labute approximate surface area is 82.9 Å². The lowest BCUT2D eigenvalue weighted by Crippen LogP contribution is -1.92. The topological polar surface area (TPSA) is 25.8 Å². The maximum Gasteiger partial charge on any atom is 0.133 e. The lowest BCUT2D eigenvalue weighted by Gasteiger charge is -1.96. The predicted molar refractivity (Wildman–Crippen MR) is 52.7 cm³/mol. The molecule has 0 aliphatic carbocycles. The summed E-state index contributed by atoms with van der Waals surface area (Å²) in [4.78, 5) is 7.90. The van der Waals surface area contributed by atoms with Crippen LogP contribution in [0, 0.1) is 6.92 Å². The molecule has 0 aliphatic rings. The van der Waals surface area contributed by atoms with E-state index >= 15 is 0 Å². The first-order valence-corrected chi connectivity index (χ1v) is 4.69. The summed E-state index contributed by atoms with van der Waals surface area (Å²) in [6, 6.07) is 1.65. The number of hydrogen-bond donors (Lipinski definition) is 0. The van der Waals surface area contributed by atoms with Gasteiger partial charge in [0, 0.05) is 0 Å². The third-order valence-corrected chi connectivity index (χ3v) is 1.46.